The Balaban J connectivity index is 1.67. The van der Waals surface area contributed by atoms with Crippen LogP contribution >= 0.6 is 0 Å². The van der Waals surface area contributed by atoms with Crippen LogP contribution in [0.1, 0.15) is 56.4 Å². The maximum Gasteiger partial charge on any atom is 0.275 e. The fourth-order valence-corrected chi connectivity index (χ4v) is 5.05. The van der Waals surface area contributed by atoms with Gasteiger partial charge in [0.25, 0.3) is 5.91 Å². The Labute approximate surface area is 185 Å². The number of aromatic nitrogens is 2. The molecule has 1 aromatic carbocycles. The summed E-state index contributed by atoms with van der Waals surface area (Å²) in [5.74, 6) is 0.810. The second kappa shape index (κ2) is 10.0. The van der Waals surface area contributed by atoms with E-state index in [1.54, 1.807) is 7.11 Å². The first-order chi connectivity index (χ1) is 15.1. The second-order valence-corrected chi connectivity index (χ2v) is 8.98. The van der Waals surface area contributed by atoms with Crippen LogP contribution in [-0.4, -0.2) is 77.5 Å². The topological polar surface area (TPSA) is 59.8 Å². The first-order valence-corrected chi connectivity index (χ1v) is 11.8. The minimum absolute atomic E-state index is 0.0466. The Morgan fingerprint density at radius 2 is 1.94 bits per heavy atom. The van der Waals surface area contributed by atoms with Gasteiger partial charge in [0, 0.05) is 37.1 Å². The average molecular weight is 429 g/mol. The van der Waals surface area contributed by atoms with Crippen LogP contribution in [0.3, 0.4) is 0 Å². The first-order valence-electron chi connectivity index (χ1n) is 11.8. The van der Waals surface area contributed by atoms with Crippen LogP contribution in [0, 0.1) is 0 Å². The summed E-state index contributed by atoms with van der Waals surface area (Å²) in [6, 6.07) is 6.36. The minimum atomic E-state index is 0.0466. The van der Waals surface area contributed by atoms with E-state index in [2.05, 4.69) is 23.6 Å². The molecule has 7 heteroatoms. The number of fused-ring (bicyclic) bond motifs is 1. The smallest absolute Gasteiger partial charge is 0.275 e. The molecular weight excluding hydrogens is 392 g/mol. The van der Waals surface area contributed by atoms with E-state index in [0.717, 1.165) is 68.9 Å². The van der Waals surface area contributed by atoms with Gasteiger partial charge in [0.05, 0.1) is 26.9 Å². The van der Waals surface area contributed by atoms with Crippen molar-refractivity contribution in [2.45, 2.75) is 64.6 Å². The third-order valence-electron chi connectivity index (χ3n) is 6.65. The predicted octanol–water partition coefficient (Wildman–Crippen LogP) is 3.56. The normalized spacial score (nSPS) is 18.6. The van der Waals surface area contributed by atoms with E-state index in [4.69, 9.17) is 14.6 Å². The molecule has 2 aromatic rings. The number of para-hydroxylation sites is 1. The summed E-state index contributed by atoms with van der Waals surface area (Å²) >= 11 is 0. The minimum Gasteiger partial charge on any atom is -0.494 e. The Kier molecular flexibility index (Phi) is 7.13. The number of rotatable bonds is 7. The summed E-state index contributed by atoms with van der Waals surface area (Å²) in [7, 11) is 1.68. The van der Waals surface area contributed by atoms with Gasteiger partial charge in [-0.2, -0.15) is 5.10 Å². The van der Waals surface area contributed by atoms with Crippen LogP contribution in [-0.2, 0) is 11.3 Å². The molecule has 4 rings (SSSR count). The van der Waals surface area contributed by atoms with Crippen LogP contribution in [0.25, 0.3) is 10.9 Å². The summed E-state index contributed by atoms with van der Waals surface area (Å²) in [5.41, 5.74) is 1.46. The molecule has 2 heterocycles. The molecule has 0 unspecified atom stereocenters. The molecule has 1 aromatic heterocycles. The quantitative estimate of drug-likeness (QED) is 0.675. The fraction of sp³-hybridized carbons (Fsp3) is 0.667. The average Bonchev–Trinajstić information content (AvgIpc) is 3.18. The second-order valence-electron chi connectivity index (χ2n) is 8.98. The van der Waals surface area contributed by atoms with Gasteiger partial charge in [0.2, 0.25) is 0 Å². The monoisotopic (exact) mass is 428 g/mol. The molecule has 0 N–H and O–H groups in total. The maximum atomic E-state index is 13.8. The molecule has 1 aliphatic carbocycles. The van der Waals surface area contributed by atoms with Crippen molar-refractivity contribution in [1.29, 1.82) is 0 Å². The summed E-state index contributed by atoms with van der Waals surface area (Å²) in [5, 5.41) is 5.75. The Bertz CT molecular complexity index is 882. The molecule has 0 radical (unpaired) electrons. The molecule has 1 amide bonds. The van der Waals surface area contributed by atoms with E-state index >= 15 is 0 Å². The third kappa shape index (κ3) is 4.72. The molecular formula is C24H36N4O3. The van der Waals surface area contributed by atoms with Gasteiger partial charge in [-0.05, 0) is 32.8 Å². The Morgan fingerprint density at radius 3 is 2.61 bits per heavy atom. The van der Waals surface area contributed by atoms with Gasteiger partial charge in [-0.15, -0.1) is 0 Å². The van der Waals surface area contributed by atoms with Gasteiger partial charge in [-0.1, -0.05) is 31.4 Å². The predicted molar refractivity (Wildman–Crippen MR) is 122 cm³/mol. The van der Waals surface area contributed by atoms with Crippen LogP contribution in [0.2, 0.25) is 0 Å². The first kappa shape index (κ1) is 22.1. The zero-order valence-corrected chi connectivity index (χ0v) is 19.2. The molecule has 1 saturated carbocycles. The molecule has 2 fully saturated rings. The van der Waals surface area contributed by atoms with E-state index in [9.17, 15) is 4.79 Å². The highest BCUT2D eigenvalue weighted by Gasteiger charge is 2.31. The SMILES string of the molecule is COc1cccc2c(C(=O)N(C(C)C)C3CCCCC3)nn(CCN3CCOCC3)c12. The van der Waals surface area contributed by atoms with E-state index < -0.39 is 0 Å². The van der Waals surface area contributed by atoms with Crippen LogP contribution in [0.15, 0.2) is 18.2 Å². The van der Waals surface area contributed by atoms with Gasteiger partial charge < -0.3 is 14.4 Å². The van der Waals surface area contributed by atoms with E-state index in [1.807, 2.05) is 22.9 Å². The molecule has 0 bridgehead atoms. The van der Waals surface area contributed by atoms with E-state index in [0.29, 0.717) is 11.7 Å². The number of amides is 1. The number of morpholine rings is 1. The lowest BCUT2D eigenvalue weighted by Gasteiger charge is -2.37. The molecule has 1 aliphatic heterocycles. The number of methoxy groups -OCH3 is 1. The van der Waals surface area contributed by atoms with Crippen molar-refractivity contribution >= 4 is 16.8 Å². The molecule has 0 spiro atoms. The van der Waals surface area contributed by atoms with Gasteiger partial charge in [0.15, 0.2) is 5.69 Å². The lowest BCUT2D eigenvalue weighted by atomic mass is 9.93. The van der Waals surface area contributed by atoms with Crippen molar-refractivity contribution < 1.29 is 14.3 Å². The highest BCUT2D eigenvalue weighted by atomic mass is 16.5. The van der Waals surface area contributed by atoms with Gasteiger partial charge in [-0.25, -0.2) is 0 Å². The fourth-order valence-electron chi connectivity index (χ4n) is 5.05. The highest BCUT2D eigenvalue weighted by Crippen LogP contribution is 2.31. The summed E-state index contributed by atoms with van der Waals surface area (Å²) in [4.78, 5) is 18.3. The van der Waals surface area contributed by atoms with E-state index in [-0.39, 0.29) is 11.9 Å². The lowest BCUT2D eigenvalue weighted by Crippen LogP contribution is -2.46. The number of nitrogens with zero attached hydrogens (tertiary/aromatic N) is 4. The van der Waals surface area contributed by atoms with Crippen molar-refractivity contribution in [3.05, 3.63) is 23.9 Å². The lowest BCUT2D eigenvalue weighted by molar-refractivity contribution is 0.0361. The van der Waals surface area contributed by atoms with E-state index in [1.165, 1.54) is 19.3 Å². The summed E-state index contributed by atoms with van der Waals surface area (Å²) in [6.07, 6.45) is 5.84. The Hall–Kier alpha value is -2.12. The standard InChI is InChI=1S/C24H36N4O3/c1-18(2)28(19-8-5-4-6-9-19)24(29)22-20-10-7-11-21(30-3)23(20)27(25-22)13-12-26-14-16-31-17-15-26/h7,10-11,18-19H,4-6,8-9,12-17H2,1-3H3. The van der Waals surface area contributed by atoms with Crippen LogP contribution in [0.4, 0.5) is 0 Å². The summed E-state index contributed by atoms with van der Waals surface area (Å²) < 4.78 is 13.1. The number of carbonyl (C=O) groups is 1. The van der Waals surface area contributed by atoms with Gasteiger partial charge >= 0.3 is 0 Å². The van der Waals surface area contributed by atoms with Crippen molar-refractivity contribution in [3.8, 4) is 5.75 Å². The summed E-state index contributed by atoms with van der Waals surface area (Å²) in [6.45, 7) is 9.25. The number of carbonyl (C=O) groups excluding carboxylic acids is 1. The van der Waals surface area contributed by atoms with Crippen LogP contribution < -0.4 is 4.74 Å². The molecule has 170 valence electrons. The molecule has 1 saturated heterocycles. The van der Waals surface area contributed by atoms with Crippen molar-refractivity contribution in [2.24, 2.45) is 0 Å². The number of hydrogen-bond donors (Lipinski definition) is 0. The van der Waals surface area contributed by atoms with Crippen LogP contribution in [0.5, 0.6) is 5.75 Å². The van der Waals surface area contributed by atoms with Crippen molar-refractivity contribution in [1.82, 2.24) is 19.6 Å². The maximum absolute atomic E-state index is 13.8. The Morgan fingerprint density at radius 1 is 1.19 bits per heavy atom. The number of benzene rings is 1. The third-order valence-corrected chi connectivity index (χ3v) is 6.65. The zero-order valence-electron chi connectivity index (χ0n) is 19.2. The van der Waals surface area contributed by atoms with Crippen molar-refractivity contribution in [2.75, 3.05) is 40.0 Å². The molecule has 31 heavy (non-hydrogen) atoms. The number of ether oxygens (including phenoxy) is 2. The number of hydrogen-bond acceptors (Lipinski definition) is 5. The molecule has 2 aliphatic rings. The van der Waals surface area contributed by atoms with Crippen molar-refractivity contribution in [3.63, 3.8) is 0 Å². The highest BCUT2D eigenvalue weighted by molar-refractivity contribution is 6.06. The molecule has 0 atom stereocenters. The van der Waals surface area contributed by atoms with Gasteiger partial charge in [-0.3, -0.25) is 14.4 Å². The largest absolute Gasteiger partial charge is 0.494 e. The zero-order chi connectivity index (χ0) is 21.8. The molecule has 7 nitrogen and oxygen atoms in total. The van der Waals surface area contributed by atoms with Gasteiger partial charge in [0.1, 0.15) is 11.3 Å².